The highest BCUT2D eigenvalue weighted by Crippen LogP contribution is 2.22. The molecular formula is C8H14O4. The van der Waals surface area contributed by atoms with E-state index in [-0.39, 0.29) is 12.6 Å². The van der Waals surface area contributed by atoms with Crippen molar-refractivity contribution in [3.05, 3.63) is 0 Å². The van der Waals surface area contributed by atoms with E-state index in [1.807, 2.05) is 6.92 Å². The van der Waals surface area contributed by atoms with Crippen LogP contribution in [0.3, 0.4) is 0 Å². The average molecular weight is 174 g/mol. The van der Waals surface area contributed by atoms with Gasteiger partial charge in [0.2, 0.25) is 0 Å². The Morgan fingerprint density at radius 2 is 2.17 bits per heavy atom. The third-order valence-corrected chi connectivity index (χ3v) is 1.93. The fraction of sp³-hybridized carbons (Fsp3) is 0.750. The van der Waals surface area contributed by atoms with Gasteiger partial charge in [0.1, 0.15) is 6.61 Å². The smallest absolute Gasteiger partial charge is 0.314 e. The van der Waals surface area contributed by atoms with Gasteiger partial charge < -0.3 is 9.47 Å². The highest BCUT2D eigenvalue weighted by Gasteiger charge is 2.33. The lowest BCUT2D eigenvalue weighted by molar-refractivity contribution is -0.157. The minimum atomic E-state index is -0.713. The van der Waals surface area contributed by atoms with E-state index in [0.717, 1.165) is 0 Å². The minimum absolute atomic E-state index is 0.0691. The van der Waals surface area contributed by atoms with Crippen LogP contribution in [0.2, 0.25) is 0 Å². The van der Waals surface area contributed by atoms with E-state index in [9.17, 15) is 9.59 Å². The van der Waals surface area contributed by atoms with Crippen LogP contribution in [0.25, 0.3) is 0 Å². The molecule has 0 amide bonds. The molecule has 0 bridgehead atoms. The van der Waals surface area contributed by atoms with Crippen molar-refractivity contribution >= 4 is 12.4 Å². The highest BCUT2D eigenvalue weighted by atomic mass is 16.5. The molecule has 4 heteroatoms. The number of hydrogen-bond acceptors (Lipinski definition) is 4. The third-order valence-electron chi connectivity index (χ3n) is 1.93. The van der Waals surface area contributed by atoms with Gasteiger partial charge in [-0.05, 0) is 13.3 Å². The molecule has 1 unspecified atom stereocenters. The van der Waals surface area contributed by atoms with Crippen LogP contribution >= 0.6 is 0 Å². The van der Waals surface area contributed by atoms with Crippen molar-refractivity contribution < 1.29 is 19.1 Å². The van der Waals surface area contributed by atoms with Gasteiger partial charge in [-0.15, -0.1) is 0 Å². The lowest BCUT2D eigenvalue weighted by Crippen LogP contribution is -2.33. The van der Waals surface area contributed by atoms with Crippen molar-refractivity contribution in [3.63, 3.8) is 0 Å². The van der Waals surface area contributed by atoms with E-state index >= 15 is 0 Å². The molecule has 0 saturated heterocycles. The summed E-state index contributed by atoms with van der Waals surface area (Å²) in [6.07, 6.45) is 0.577. The van der Waals surface area contributed by atoms with E-state index in [2.05, 4.69) is 9.47 Å². The Morgan fingerprint density at radius 1 is 1.58 bits per heavy atom. The first-order valence-corrected chi connectivity index (χ1v) is 3.74. The number of carbonyl (C=O) groups excluding carboxylic acids is 2. The van der Waals surface area contributed by atoms with E-state index < -0.39 is 5.41 Å². The number of carbonyl (C=O) groups is 2. The van der Waals surface area contributed by atoms with Crippen molar-refractivity contribution in [2.24, 2.45) is 5.41 Å². The van der Waals surface area contributed by atoms with Crippen molar-refractivity contribution in [3.8, 4) is 0 Å². The normalized spacial score (nSPS) is 14.6. The van der Waals surface area contributed by atoms with Crippen molar-refractivity contribution in [1.82, 2.24) is 0 Å². The largest absolute Gasteiger partial charge is 0.469 e. The van der Waals surface area contributed by atoms with Gasteiger partial charge in [0.05, 0.1) is 12.5 Å². The Morgan fingerprint density at radius 3 is 2.50 bits per heavy atom. The monoisotopic (exact) mass is 174 g/mol. The van der Waals surface area contributed by atoms with Crippen LogP contribution in [-0.2, 0) is 19.1 Å². The van der Waals surface area contributed by atoms with Crippen LogP contribution in [0, 0.1) is 5.41 Å². The molecular weight excluding hydrogens is 160 g/mol. The van der Waals surface area contributed by atoms with Crippen molar-refractivity contribution in [2.75, 3.05) is 13.7 Å². The summed E-state index contributed by atoms with van der Waals surface area (Å²) in [6.45, 7) is 3.93. The summed E-state index contributed by atoms with van der Waals surface area (Å²) < 4.78 is 9.10. The highest BCUT2D eigenvalue weighted by molar-refractivity contribution is 5.76. The molecule has 0 spiro atoms. The lowest BCUT2D eigenvalue weighted by Gasteiger charge is -2.23. The summed E-state index contributed by atoms with van der Waals surface area (Å²) >= 11 is 0. The number of methoxy groups -OCH3 is 1. The molecule has 12 heavy (non-hydrogen) atoms. The van der Waals surface area contributed by atoms with E-state index in [4.69, 9.17) is 0 Å². The quantitative estimate of drug-likeness (QED) is 0.456. The van der Waals surface area contributed by atoms with E-state index in [1.54, 1.807) is 6.92 Å². The zero-order chi connectivity index (χ0) is 9.61. The number of hydrogen-bond donors (Lipinski definition) is 0. The maximum Gasteiger partial charge on any atom is 0.314 e. The van der Waals surface area contributed by atoms with Gasteiger partial charge in [0.15, 0.2) is 0 Å². The fourth-order valence-electron chi connectivity index (χ4n) is 0.770. The molecule has 0 fully saturated rings. The summed E-state index contributed by atoms with van der Waals surface area (Å²) in [4.78, 5) is 21.1. The molecule has 0 N–H and O–H groups in total. The van der Waals surface area contributed by atoms with Crippen LogP contribution in [0.1, 0.15) is 20.3 Å². The van der Waals surface area contributed by atoms with E-state index in [1.165, 1.54) is 7.11 Å². The molecule has 0 aliphatic heterocycles. The summed E-state index contributed by atoms with van der Waals surface area (Å²) in [5, 5.41) is 0. The second-order valence-electron chi connectivity index (χ2n) is 2.81. The Hall–Kier alpha value is -1.06. The van der Waals surface area contributed by atoms with Gasteiger partial charge in [0.25, 0.3) is 6.47 Å². The molecule has 0 aliphatic carbocycles. The Bertz CT molecular complexity index is 166. The number of rotatable bonds is 5. The molecule has 0 aromatic carbocycles. The predicted molar refractivity (Wildman–Crippen MR) is 42.4 cm³/mol. The molecule has 1 atom stereocenters. The summed E-state index contributed by atoms with van der Waals surface area (Å²) in [5.74, 6) is -0.355. The van der Waals surface area contributed by atoms with Crippen LogP contribution in [0.5, 0.6) is 0 Å². The van der Waals surface area contributed by atoms with E-state index in [0.29, 0.717) is 12.9 Å². The maximum absolute atomic E-state index is 11.2. The van der Waals surface area contributed by atoms with Crippen LogP contribution < -0.4 is 0 Å². The number of esters is 1. The molecule has 4 nitrogen and oxygen atoms in total. The Balaban J connectivity index is 4.22. The standard InChI is InChI=1S/C8H14O4/c1-4-8(2,5-12-6-9)7(10)11-3/h6H,4-5H2,1-3H3. The third kappa shape index (κ3) is 2.53. The molecule has 0 aromatic heterocycles. The van der Waals surface area contributed by atoms with Crippen molar-refractivity contribution in [2.45, 2.75) is 20.3 Å². The zero-order valence-electron chi connectivity index (χ0n) is 7.62. The number of ether oxygens (including phenoxy) is 2. The summed E-state index contributed by atoms with van der Waals surface area (Å²) in [6, 6.07) is 0. The van der Waals surface area contributed by atoms with Gasteiger partial charge in [-0.3, -0.25) is 9.59 Å². The zero-order valence-corrected chi connectivity index (χ0v) is 7.62. The molecule has 0 saturated carbocycles. The average Bonchev–Trinajstić information content (AvgIpc) is 2.12. The van der Waals surface area contributed by atoms with Crippen LogP contribution in [-0.4, -0.2) is 26.2 Å². The topological polar surface area (TPSA) is 52.6 Å². The molecule has 0 aliphatic rings. The predicted octanol–water partition coefficient (Wildman–Crippen LogP) is 0.749. The first kappa shape index (κ1) is 10.9. The fourth-order valence-corrected chi connectivity index (χ4v) is 0.770. The first-order chi connectivity index (χ1) is 5.60. The molecule has 0 aromatic rings. The SMILES string of the molecule is CCC(C)(COC=O)C(=O)OC. The Kier molecular flexibility index (Phi) is 4.33. The molecule has 0 heterocycles. The maximum atomic E-state index is 11.2. The van der Waals surface area contributed by atoms with Gasteiger partial charge in [0, 0.05) is 0 Å². The molecule has 0 radical (unpaired) electrons. The molecule has 70 valence electrons. The lowest BCUT2D eigenvalue weighted by atomic mass is 9.89. The minimum Gasteiger partial charge on any atom is -0.469 e. The summed E-state index contributed by atoms with van der Waals surface area (Å²) in [5.41, 5.74) is -0.713. The van der Waals surface area contributed by atoms with Gasteiger partial charge in [-0.1, -0.05) is 6.92 Å². The van der Waals surface area contributed by atoms with Crippen molar-refractivity contribution in [1.29, 1.82) is 0 Å². The van der Waals surface area contributed by atoms with Crippen LogP contribution in [0.15, 0.2) is 0 Å². The van der Waals surface area contributed by atoms with Gasteiger partial charge in [-0.2, -0.15) is 0 Å². The second-order valence-corrected chi connectivity index (χ2v) is 2.81. The summed E-state index contributed by atoms with van der Waals surface area (Å²) in [7, 11) is 1.32. The van der Waals surface area contributed by atoms with Crippen LogP contribution in [0.4, 0.5) is 0 Å². The van der Waals surface area contributed by atoms with Gasteiger partial charge >= 0.3 is 5.97 Å². The second kappa shape index (κ2) is 4.74. The first-order valence-electron chi connectivity index (χ1n) is 3.74. The van der Waals surface area contributed by atoms with Gasteiger partial charge in [-0.25, -0.2) is 0 Å². The molecule has 0 rings (SSSR count). The Labute approximate surface area is 71.8 Å².